The highest BCUT2D eigenvalue weighted by molar-refractivity contribution is 9.10. The highest BCUT2D eigenvalue weighted by atomic mass is 79.9. The minimum atomic E-state index is 0.749. The minimum Gasteiger partial charge on any atom is -0.338 e. The van der Waals surface area contributed by atoms with Gasteiger partial charge in [-0.2, -0.15) is 0 Å². The summed E-state index contributed by atoms with van der Waals surface area (Å²) in [5, 5.41) is 4.52. The molecular formula is C24H20BrN3. The van der Waals surface area contributed by atoms with Crippen molar-refractivity contribution in [1.29, 1.82) is 0 Å². The van der Waals surface area contributed by atoms with Gasteiger partial charge < -0.3 is 5.32 Å². The lowest BCUT2D eigenvalue weighted by Crippen LogP contribution is -1.99. The monoisotopic (exact) mass is 429 g/mol. The molecule has 0 spiro atoms. The maximum absolute atomic E-state index is 4.58. The predicted molar refractivity (Wildman–Crippen MR) is 122 cm³/mol. The van der Waals surface area contributed by atoms with Crippen LogP contribution < -0.4 is 5.32 Å². The van der Waals surface area contributed by atoms with E-state index < -0.39 is 0 Å². The zero-order valence-electron chi connectivity index (χ0n) is 15.8. The highest BCUT2D eigenvalue weighted by Gasteiger charge is 2.12. The van der Waals surface area contributed by atoms with Crippen LogP contribution in [0.3, 0.4) is 0 Å². The number of hydrogen-bond acceptors (Lipinski definition) is 3. The Hall–Kier alpha value is -2.98. The van der Waals surface area contributed by atoms with Crippen LogP contribution in [0, 0.1) is 13.8 Å². The van der Waals surface area contributed by atoms with E-state index >= 15 is 0 Å². The standard InChI is InChI=1S/C24H20BrN3/c1-4-17-13-18-11-12-26-24(23(18)27-14-17)28-22-10-6-8-20(16(22)3)19-7-5-9-21(25)15(19)2/h4-14H,1H2,2-3H3,(H,26,28). The SMILES string of the molecule is C=Cc1cnc2c(Nc3cccc(-c4cccc(Br)c4C)c3C)nccc2c1. The molecule has 0 unspecified atom stereocenters. The molecule has 4 aromatic rings. The smallest absolute Gasteiger partial charge is 0.156 e. The van der Waals surface area contributed by atoms with E-state index in [-0.39, 0.29) is 0 Å². The van der Waals surface area contributed by atoms with Gasteiger partial charge in [-0.1, -0.05) is 52.9 Å². The number of halogens is 1. The Kier molecular flexibility index (Phi) is 4.97. The second-order valence-electron chi connectivity index (χ2n) is 6.72. The average molecular weight is 430 g/mol. The number of nitrogens with zero attached hydrogens (tertiary/aromatic N) is 2. The normalized spacial score (nSPS) is 10.8. The van der Waals surface area contributed by atoms with Crippen LogP contribution in [-0.4, -0.2) is 9.97 Å². The van der Waals surface area contributed by atoms with Gasteiger partial charge in [0.25, 0.3) is 0 Å². The molecule has 2 aromatic heterocycles. The lowest BCUT2D eigenvalue weighted by molar-refractivity contribution is 1.28. The van der Waals surface area contributed by atoms with Gasteiger partial charge in [0.1, 0.15) is 5.52 Å². The fraction of sp³-hybridized carbons (Fsp3) is 0.0833. The molecule has 3 nitrogen and oxygen atoms in total. The molecule has 2 heterocycles. The van der Waals surface area contributed by atoms with Crippen molar-refractivity contribution in [1.82, 2.24) is 9.97 Å². The molecule has 28 heavy (non-hydrogen) atoms. The summed E-state index contributed by atoms with van der Waals surface area (Å²) < 4.78 is 1.11. The largest absolute Gasteiger partial charge is 0.338 e. The Morgan fingerprint density at radius 1 is 0.964 bits per heavy atom. The molecule has 0 radical (unpaired) electrons. The number of anilines is 2. The van der Waals surface area contributed by atoms with Crippen molar-refractivity contribution in [3.63, 3.8) is 0 Å². The van der Waals surface area contributed by atoms with Gasteiger partial charge >= 0.3 is 0 Å². The minimum absolute atomic E-state index is 0.749. The van der Waals surface area contributed by atoms with Crippen molar-refractivity contribution < 1.29 is 0 Å². The van der Waals surface area contributed by atoms with Crippen molar-refractivity contribution >= 4 is 44.4 Å². The molecule has 4 heteroatoms. The van der Waals surface area contributed by atoms with Crippen LogP contribution in [0.5, 0.6) is 0 Å². The lowest BCUT2D eigenvalue weighted by atomic mass is 9.95. The Bertz CT molecular complexity index is 1200. The van der Waals surface area contributed by atoms with E-state index in [0.717, 1.165) is 32.4 Å². The number of fused-ring (bicyclic) bond motifs is 1. The quantitative estimate of drug-likeness (QED) is 0.377. The summed E-state index contributed by atoms with van der Waals surface area (Å²) in [6.07, 6.45) is 5.42. The van der Waals surface area contributed by atoms with Gasteiger partial charge in [0.2, 0.25) is 0 Å². The summed E-state index contributed by atoms with van der Waals surface area (Å²) in [4.78, 5) is 9.11. The third-order valence-corrected chi connectivity index (χ3v) is 5.86. The number of pyridine rings is 2. The van der Waals surface area contributed by atoms with Crippen molar-refractivity contribution in [2.75, 3.05) is 5.32 Å². The second-order valence-corrected chi connectivity index (χ2v) is 7.57. The maximum atomic E-state index is 4.58. The summed E-state index contributed by atoms with van der Waals surface area (Å²) in [6, 6.07) is 16.6. The van der Waals surface area contributed by atoms with Crippen LogP contribution >= 0.6 is 15.9 Å². The van der Waals surface area contributed by atoms with E-state index in [1.807, 2.05) is 12.3 Å². The van der Waals surface area contributed by atoms with E-state index in [4.69, 9.17) is 0 Å². The topological polar surface area (TPSA) is 37.8 Å². The first-order chi connectivity index (χ1) is 13.6. The lowest BCUT2D eigenvalue weighted by Gasteiger charge is -2.16. The van der Waals surface area contributed by atoms with Crippen molar-refractivity contribution in [2.45, 2.75) is 13.8 Å². The van der Waals surface area contributed by atoms with E-state index in [9.17, 15) is 0 Å². The molecule has 0 saturated carbocycles. The molecule has 1 N–H and O–H groups in total. The van der Waals surface area contributed by atoms with Crippen molar-refractivity contribution in [3.05, 3.63) is 88.7 Å². The maximum Gasteiger partial charge on any atom is 0.156 e. The van der Waals surface area contributed by atoms with Crippen LogP contribution in [0.15, 0.2) is 72.0 Å². The van der Waals surface area contributed by atoms with Gasteiger partial charge in [0, 0.05) is 27.9 Å². The Morgan fingerprint density at radius 3 is 2.50 bits per heavy atom. The Morgan fingerprint density at radius 2 is 1.71 bits per heavy atom. The summed E-state index contributed by atoms with van der Waals surface area (Å²) in [5.41, 5.74) is 7.67. The predicted octanol–water partition coefficient (Wildman–Crippen LogP) is 7.06. The number of hydrogen-bond donors (Lipinski definition) is 1. The molecule has 0 fully saturated rings. The van der Waals surface area contributed by atoms with Crippen LogP contribution in [-0.2, 0) is 0 Å². The van der Waals surface area contributed by atoms with Crippen molar-refractivity contribution in [3.8, 4) is 11.1 Å². The molecule has 4 rings (SSSR count). The van der Waals surface area contributed by atoms with Crippen LogP contribution in [0.4, 0.5) is 11.5 Å². The Balaban J connectivity index is 1.79. The molecular weight excluding hydrogens is 410 g/mol. The molecule has 0 aliphatic rings. The highest BCUT2D eigenvalue weighted by Crippen LogP contribution is 2.35. The zero-order chi connectivity index (χ0) is 19.7. The third kappa shape index (κ3) is 3.32. The second kappa shape index (κ2) is 7.56. The van der Waals surface area contributed by atoms with Gasteiger partial charge in [-0.25, -0.2) is 4.98 Å². The van der Waals surface area contributed by atoms with E-state index in [1.165, 1.54) is 22.3 Å². The number of aromatic nitrogens is 2. The molecule has 138 valence electrons. The molecule has 0 bridgehead atoms. The Labute approximate surface area is 173 Å². The van der Waals surface area contributed by atoms with Gasteiger partial charge in [-0.3, -0.25) is 4.98 Å². The first-order valence-electron chi connectivity index (χ1n) is 9.08. The summed E-state index contributed by atoms with van der Waals surface area (Å²) in [7, 11) is 0. The number of nitrogens with one attached hydrogen (secondary N) is 1. The summed E-state index contributed by atoms with van der Waals surface area (Å²) in [5.74, 6) is 0.749. The van der Waals surface area contributed by atoms with E-state index in [1.54, 1.807) is 12.3 Å². The molecule has 0 atom stereocenters. The average Bonchev–Trinajstić information content (AvgIpc) is 2.71. The first-order valence-corrected chi connectivity index (χ1v) is 9.87. The molecule has 0 aliphatic carbocycles. The molecule has 2 aromatic carbocycles. The molecule has 0 saturated heterocycles. The summed E-state index contributed by atoms with van der Waals surface area (Å²) in [6.45, 7) is 8.08. The van der Waals surface area contributed by atoms with Crippen LogP contribution in [0.1, 0.15) is 16.7 Å². The van der Waals surface area contributed by atoms with Crippen LogP contribution in [0.2, 0.25) is 0 Å². The van der Waals surface area contributed by atoms with Gasteiger partial charge in [-0.15, -0.1) is 0 Å². The molecule has 0 amide bonds. The van der Waals surface area contributed by atoms with Gasteiger partial charge in [-0.05, 0) is 65.9 Å². The van der Waals surface area contributed by atoms with Crippen LogP contribution in [0.25, 0.3) is 28.1 Å². The fourth-order valence-corrected chi connectivity index (χ4v) is 3.74. The zero-order valence-corrected chi connectivity index (χ0v) is 17.4. The van der Waals surface area contributed by atoms with E-state index in [2.05, 4.69) is 94.1 Å². The van der Waals surface area contributed by atoms with Crippen molar-refractivity contribution in [2.24, 2.45) is 0 Å². The van der Waals surface area contributed by atoms with E-state index in [0.29, 0.717) is 0 Å². The first kappa shape index (κ1) is 18.4. The third-order valence-electron chi connectivity index (χ3n) is 5.00. The summed E-state index contributed by atoms with van der Waals surface area (Å²) >= 11 is 3.64. The number of rotatable bonds is 4. The fourth-order valence-electron chi connectivity index (χ4n) is 3.37. The van der Waals surface area contributed by atoms with Gasteiger partial charge in [0.15, 0.2) is 5.82 Å². The number of benzene rings is 2. The van der Waals surface area contributed by atoms with Gasteiger partial charge in [0.05, 0.1) is 0 Å². The molecule has 0 aliphatic heterocycles.